The van der Waals surface area contributed by atoms with Gasteiger partial charge >= 0.3 is 6.09 Å². The molecule has 4 aromatic rings. The van der Waals surface area contributed by atoms with Crippen LogP contribution in [0.1, 0.15) is 39.4 Å². The molecule has 0 radical (unpaired) electrons. The Kier molecular flexibility index (Phi) is 5.90. The predicted molar refractivity (Wildman–Crippen MR) is 147 cm³/mol. The quantitative estimate of drug-likeness (QED) is 0.291. The number of aromatic nitrogens is 3. The summed E-state index contributed by atoms with van der Waals surface area (Å²) in [5.74, 6) is 0.612. The molecule has 9 heteroatoms. The molecule has 0 aliphatic carbocycles. The molecule has 7 nitrogen and oxygen atoms in total. The molecule has 2 unspecified atom stereocenters. The second-order valence-corrected chi connectivity index (χ2v) is 11.5. The zero-order valence-electron chi connectivity index (χ0n) is 21.8. The number of benzene rings is 2. The lowest BCUT2D eigenvalue weighted by molar-refractivity contribution is 0.0123. The third kappa shape index (κ3) is 4.21. The number of carbonyl (C=O) groups is 1. The van der Waals surface area contributed by atoms with E-state index in [1.54, 1.807) is 19.2 Å². The maximum atomic E-state index is 16.1. The summed E-state index contributed by atoms with van der Waals surface area (Å²) in [5.41, 5.74) is 0.496. The summed E-state index contributed by atoms with van der Waals surface area (Å²) >= 11 is 6.52. The van der Waals surface area contributed by atoms with Crippen LogP contribution in [0.2, 0.25) is 5.02 Å². The molecular formula is C29H29ClFN5O2. The molecule has 2 atom stereocenters. The minimum atomic E-state index is -0.553. The van der Waals surface area contributed by atoms with Crippen molar-refractivity contribution >= 4 is 45.2 Å². The third-order valence-corrected chi connectivity index (χ3v) is 7.59. The van der Waals surface area contributed by atoms with Crippen molar-refractivity contribution in [3.63, 3.8) is 0 Å². The first kappa shape index (κ1) is 24.8. The molecule has 0 spiro atoms. The lowest BCUT2D eigenvalue weighted by Gasteiger charge is -2.42. The van der Waals surface area contributed by atoms with E-state index in [4.69, 9.17) is 21.3 Å². The molecule has 2 aliphatic heterocycles. The minimum absolute atomic E-state index is 0.00354. The van der Waals surface area contributed by atoms with Crippen LogP contribution in [-0.2, 0) is 4.74 Å². The van der Waals surface area contributed by atoms with Gasteiger partial charge in [-0.05, 0) is 52.0 Å². The van der Waals surface area contributed by atoms with E-state index in [-0.39, 0.29) is 29.4 Å². The SMILES string of the molecule is Cc1nc(N2CC3CCC(C2)N3C(=O)OC(C)(C)C)c2cnc(-c3cccc4cccc(Cl)c34)c(F)c2n1. The van der Waals surface area contributed by atoms with Crippen molar-refractivity contribution in [1.82, 2.24) is 19.9 Å². The standard InChI is InChI=1S/C29H29ClFN5O2/c1-16-33-26-21(13-32-25(24(26)31)20-9-5-7-17-8-6-10-22(30)23(17)20)27(34-16)35-14-18-11-12-19(15-35)36(18)28(37)38-29(2,3)4/h5-10,13,18-19H,11-12,14-15H2,1-4H3. The summed E-state index contributed by atoms with van der Waals surface area (Å²) in [6.07, 6.45) is 3.15. The number of ether oxygens (including phenoxy) is 1. The Morgan fingerprint density at radius 3 is 2.45 bits per heavy atom. The number of amides is 1. The van der Waals surface area contributed by atoms with Gasteiger partial charge in [-0.1, -0.05) is 41.9 Å². The number of rotatable bonds is 2. The van der Waals surface area contributed by atoms with E-state index < -0.39 is 11.4 Å². The highest BCUT2D eigenvalue weighted by atomic mass is 35.5. The van der Waals surface area contributed by atoms with Crippen LogP contribution in [0.3, 0.4) is 0 Å². The highest BCUT2D eigenvalue weighted by Crippen LogP contribution is 2.39. The first-order valence-electron chi connectivity index (χ1n) is 12.9. The molecular weight excluding hydrogens is 505 g/mol. The molecule has 2 aromatic heterocycles. The fourth-order valence-electron chi connectivity index (χ4n) is 5.76. The molecule has 0 N–H and O–H groups in total. The zero-order valence-corrected chi connectivity index (χ0v) is 22.6. The van der Waals surface area contributed by atoms with Gasteiger partial charge < -0.3 is 9.64 Å². The molecule has 2 bridgehead atoms. The lowest BCUT2D eigenvalue weighted by Crippen LogP contribution is -2.57. The van der Waals surface area contributed by atoms with Gasteiger partial charge in [-0.3, -0.25) is 9.88 Å². The average Bonchev–Trinajstić information content (AvgIpc) is 3.13. The molecule has 2 aliphatic rings. The zero-order chi connectivity index (χ0) is 26.8. The van der Waals surface area contributed by atoms with Crippen LogP contribution in [0.15, 0.2) is 42.6 Å². The van der Waals surface area contributed by atoms with E-state index in [2.05, 4.69) is 14.9 Å². The van der Waals surface area contributed by atoms with Gasteiger partial charge in [-0.15, -0.1) is 0 Å². The van der Waals surface area contributed by atoms with Crippen LogP contribution < -0.4 is 4.90 Å². The molecule has 1 amide bonds. The Bertz CT molecular complexity index is 1570. The number of fused-ring (bicyclic) bond motifs is 4. The van der Waals surface area contributed by atoms with E-state index in [9.17, 15) is 4.79 Å². The van der Waals surface area contributed by atoms with Gasteiger partial charge in [0, 0.05) is 35.3 Å². The number of nitrogens with zero attached hydrogens (tertiary/aromatic N) is 5. The van der Waals surface area contributed by atoms with Gasteiger partial charge in [-0.2, -0.15) is 0 Å². The fraction of sp³-hybridized carbons (Fsp3) is 0.379. The van der Waals surface area contributed by atoms with E-state index in [1.165, 1.54) is 0 Å². The second kappa shape index (κ2) is 9.05. The van der Waals surface area contributed by atoms with Gasteiger partial charge in [0.1, 0.15) is 28.5 Å². The summed E-state index contributed by atoms with van der Waals surface area (Å²) in [4.78, 5) is 30.7. The maximum absolute atomic E-state index is 16.1. The number of anilines is 1. The normalized spacial score (nSPS) is 19.4. The first-order valence-corrected chi connectivity index (χ1v) is 13.3. The van der Waals surface area contributed by atoms with E-state index >= 15 is 4.39 Å². The van der Waals surface area contributed by atoms with Gasteiger partial charge in [0.05, 0.1) is 17.5 Å². The van der Waals surface area contributed by atoms with Crippen molar-refractivity contribution < 1.29 is 13.9 Å². The molecule has 196 valence electrons. The van der Waals surface area contributed by atoms with E-state index in [0.717, 1.165) is 23.6 Å². The van der Waals surface area contributed by atoms with E-state index in [1.807, 2.05) is 56.0 Å². The number of piperazine rings is 1. The van der Waals surface area contributed by atoms with Crippen molar-refractivity contribution in [2.45, 2.75) is 58.2 Å². The third-order valence-electron chi connectivity index (χ3n) is 7.27. The van der Waals surface area contributed by atoms with Crippen molar-refractivity contribution in [3.05, 3.63) is 59.3 Å². The van der Waals surface area contributed by atoms with E-state index in [0.29, 0.717) is 40.7 Å². The molecule has 2 fully saturated rings. The minimum Gasteiger partial charge on any atom is -0.444 e. The Hall–Kier alpha value is -3.52. The number of aryl methyl sites for hydroxylation is 1. The summed E-state index contributed by atoms with van der Waals surface area (Å²) in [6.45, 7) is 8.57. The molecule has 0 saturated carbocycles. The van der Waals surface area contributed by atoms with Crippen molar-refractivity contribution in [2.75, 3.05) is 18.0 Å². The summed E-state index contributed by atoms with van der Waals surface area (Å²) in [6, 6.07) is 11.3. The fourth-order valence-corrected chi connectivity index (χ4v) is 6.04. The molecule has 4 heterocycles. The molecule has 2 saturated heterocycles. The first-order chi connectivity index (χ1) is 18.1. The number of halogens is 2. The van der Waals surface area contributed by atoms with Crippen LogP contribution >= 0.6 is 11.6 Å². The van der Waals surface area contributed by atoms with Crippen LogP contribution in [0.25, 0.3) is 32.9 Å². The largest absolute Gasteiger partial charge is 0.444 e. The number of pyridine rings is 1. The van der Waals surface area contributed by atoms with Crippen molar-refractivity contribution in [3.8, 4) is 11.3 Å². The monoisotopic (exact) mass is 533 g/mol. The smallest absolute Gasteiger partial charge is 0.410 e. The van der Waals surface area contributed by atoms with Crippen LogP contribution in [-0.4, -0.2) is 56.7 Å². The molecule has 38 heavy (non-hydrogen) atoms. The van der Waals surface area contributed by atoms with Crippen LogP contribution in [0, 0.1) is 12.7 Å². The topological polar surface area (TPSA) is 71.5 Å². The molecule has 2 aromatic carbocycles. The molecule has 6 rings (SSSR count). The highest BCUT2D eigenvalue weighted by molar-refractivity contribution is 6.36. The number of hydrogen-bond acceptors (Lipinski definition) is 6. The Balaban J connectivity index is 1.39. The maximum Gasteiger partial charge on any atom is 0.410 e. The Labute approximate surface area is 225 Å². The summed E-state index contributed by atoms with van der Waals surface area (Å²) < 4.78 is 21.8. The second-order valence-electron chi connectivity index (χ2n) is 11.1. The van der Waals surface area contributed by atoms with Crippen LogP contribution in [0.5, 0.6) is 0 Å². The lowest BCUT2D eigenvalue weighted by atomic mass is 10.0. The number of carbonyl (C=O) groups excluding carboxylic acids is 1. The number of hydrogen-bond donors (Lipinski definition) is 0. The van der Waals surface area contributed by atoms with Gasteiger partial charge in [0.25, 0.3) is 0 Å². The predicted octanol–water partition coefficient (Wildman–Crippen LogP) is 6.53. The average molecular weight is 534 g/mol. The summed E-state index contributed by atoms with van der Waals surface area (Å²) in [7, 11) is 0. The van der Waals surface area contributed by atoms with Gasteiger partial charge in [0.15, 0.2) is 5.82 Å². The highest BCUT2D eigenvalue weighted by Gasteiger charge is 2.45. The van der Waals surface area contributed by atoms with Gasteiger partial charge in [-0.25, -0.2) is 19.2 Å². The van der Waals surface area contributed by atoms with Crippen molar-refractivity contribution in [2.24, 2.45) is 0 Å². The van der Waals surface area contributed by atoms with Gasteiger partial charge in [0.2, 0.25) is 0 Å². The summed E-state index contributed by atoms with van der Waals surface area (Å²) in [5, 5.41) is 2.75. The Morgan fingerprint density at radius 1 is 1.08 bits per heavy atom. The van der Waals surface area contributed by atoms with Crippen molar-refractivity contribution in [1.29, 1.82) is 0 Å². The van der Waals surface area contributed by atoms with Crippen LogP contribution in [0.4, 0.5) is 15.0 Å². The Morgan fingerprint density at radius 2 is 1.76 bits per heavy atom.